The van der Waals surface area contributed by atoms with Gasteiger partial charge in [-0.2, -0.15) is 0 Å². The quantitative estimate of drug-likeness (QED) is 0.817. The molecule has 1 amide bonds. The lowest BCUT2D eigenvalue weighted by Gasteiger charge is -2.19. The van der Waals surface area contributed by atoms with Crippen LogP contribution in [0.2, 0.25) is 0 Å². The Morgan fingerprint density at radius 2 is 1.82 bits per heavy atom. The lowest BCUT2D eigenvalue weighted by atomic mass is 9.92. The Kier molecular flexibility index (Phi) is 6.14. The van der Waals surface area contributed by atoms with Gasteiger partial charge in [-0.25, -0.2) is 14.8 Å². The van der Waals surface area contributed by atoms with Gasteiger partial charge in [-0.15, -0.1) is 0 Å². The third-order valence-corrected chi connectivity index (χ3v) is 2.76. The molecule has 2 N–H and O–H groups in total. The Morgan fingerprint density at radius 1 is 1.14 bits per heavy atom. The van der Waals surface area contributed by atoms with Crippen LogP contribution in [0.3, 0.4) is 0 Å². The fourth-order valence-electron chi connectivity index (χ4n) is 1.67. The molecule has 0 aliphatic carbocycles. The third-order valence-electron chi connectivity index (χ3n) is 2.76. The van der Waals surface area contributed by atoms with E-state index >= 15 is 0 Å². The molecule has 0 aliphatic heterocycles. The van der Waals surface area contributed by atoms with E-state index in [2.05, 4.69) is 41.4 Å². The summed E-state index contributed by atoms with van der Waals surface area (Å²) >= 11 is 0. The molecular formula is C16H28N4O2. The number of ether oxygens (including phenoxy) is 1. The number of carbonyl (C=O) groups excluding carboxylic acids is 1. The van der Waals surface area contributed by atoms with Crippen molar-refractivity contribution >= 4 is 11.9 Å². The van der Waals surface area contributed by atoms with Gasteiger partial charge in [-0.3, -0.25) is 0 Å². The van der Waals surface area contributed by atoms with Gasteiger partial charge in [0.15, 0.2) is 0 Å². The number of alkyl carbamates (subject to hydrolysis) is 1. The van der Waals surface area contributed by atoms with Crippen molar-refractivity contribution in [2.24, 2.45) is 0 Å². The topological polar surface area (TPSA) is 76.1 Å². The van der Waals surface area contributed by atoms with Crippen molar-refractivity contribution in [3.8, 4) is 0 Å². The van der Waals surface area contributed by atoms with Crippen molar-refractivity contribution in [2.45, 2.75) is 59.0 Å². The predicted octanol–water partition coefficient (Wildman–Crippen LogP) is 3.10. The molecule has 1 aromatic rings. The molecule has 0 unspecified atom stereocenters. The molecule has 0 aliphatic rings. The van der Waals surface area contributed by atoms with E-state index in [0.29, 0.717) is 6.54 Å². The number of nitrogens with one attached hydrogen (secondary N) is 2. The van der Waals surface area contributed by atoms with Gasteiger partial charge in [-0.05, 0) is 27.2 Å². The van der Waals surface area contributed by atoms with Crippen LogP contribution in [-0.2, 0) is 10.2 Å². The first-order chi connectivity index (χ1) is 10.1. The summed E-state index contributed by atoms with van der Waals surface area (Å²) in [6.07, 6.45) is 1.97. The van der Waals surface area contributed by atoms with E-state index in [1.54, 1.807) is 6.33 Å². The Labute approximate surface area is 133 Å². The number of anilines is 1. The van der Waals surface area contributed by atoms with Gasteiger partial charge in [0.05, 0.1) is 5.69 Å². The Bertz CT molecular complexity index is 490. The fourth-order valence-corrected chi connectivity index (χ4v) is 1.67. The number of rotatable bonds is 5. The van der Waals surface area contributed by atoms with Crippen molar-refractivity contribution in [1.29, 1.82) is 0 Å². The van der Waals surface area contributed by atoms with Gasteiger partial charge < -0.3 is 15.4 Å². The molecule has 1 rings (SSSR count). The summed E-state index contributed by atoms with van der Waals surface area (Å²) < 4.78 is 5.16. The highest BCUT2D eigenvalue weighted by Crippen LogP contribution is 2.20. The number of aromatic nitrogens is 2. The van der Waals surface area contributed by atoms with E-state index in [1.807, 2.05) is 26.8 Å². The number of hydrogen-bond acceptors (Lipinski definition) is 5. The zero-order valence-corrected chi connectivity index (χ0v) is 14.5. The summed E-state index contributed by atoms with van der Waals surface area (Å²) in [5, 5.41) is 5.96. The summed E-state index contributed by atoms with van der Waals surface area (Å²) in [7, 11) is 0. The molecule has 0 atom stereocenters. The van der Waals surface area contributed by atoms with Crippen molar-refractivity contribution < 1.29 is 9.53 Å². The average Bonchev–Trinajstić information content (AvgIpc) is 2.35. The molecule has 22 heavy (non-hydrogen) atoms. The van der Waals surface area contributed by atoms with Crippen LogP contribution in [0.25, 0.3) is 0 Å². The van der Waals surface area contributed by atoms with E-state index in [9.17, 15) is 4.79 Å². The molecule has 1 aromatic heterocycles. The number of nitrogens with zero attached hydrogens (tertiary/aromatic N) is 2. The summed E-state index contributed by atoms with van der Waals surface area (Å²) in [6, 6.07) is 1.96. The Balaban J connectivity index is 2.30. The highest BCUT2D eigenvalue weighted by Gasteiger charge is 2.16. The van der Waals surface area contributed by atoms with Crippen LogP contribution in [-0.4, -0.2) is 34.8 Å². The number of hydrogen-bond donors (Lipinski definition) is 2. The maximum Gasteiger partial charge on any atom is 0.407 e. The molecule has 0 spiro atoms. The minimum atomic E-state index is -0.466. The van der Waals surface area contributed by atoms with Gasteiger partial charge in [0.2, 0.25) is 0 Å². The summed E-state index contributed by atoms with van der Waals surface area (Å²) in [4.78, 5) is 20.0. The standard InChI is InChI=1S/C16H28N4O2/c1-15(2,3)12-10-13(20-11-19-12)17-8-7-9-18-14(21)22-16(4,5)6/h10-11H,7-9H2,1-6H3,(H,18,21)(H,17,19,20). The lowest BCUT2D eigenvalue weighted by molar-refractivity contribution is 0.0528. The molecule has 0 aromatic carbocycles. The van der Waals surface area contributed by atoms with Crippen LogP contribution in [0.5, 0.6) is 0 Å². The normalized spacial score (nSPS) is 11.9. The highest BCUT2D eigenvalue weighted by molar-refractivity contribution is 5.67. The van der Waals surface area contributed by atoms with Crippen molar-refractivity contribution in [1.82, 2.24) is 15.3 Å². The van der Waals surface area contributed by atoms with Gasteiger partial charge >= 0.3 is 6.09 Å². The first-order valence-corrected chi connectivity index (χ1v) is 7.61. The lowest BCUT2D eigenvalue weighted by Crippen LogP contribution is -2.33. The first-order valence-electron chi connectivity index (χ1n) is 7.61. The van der Waals surface area contributed by atoms with E-state index in [-0.39, 0.29) is 11.5 Å². The maximum atomic E-state index is 11.5. The zero-order chi connectivity index (χ0) is 16.8. The van der Waals surface area contributed by atoms with Crippen LogP contribution < -0.4 is 10.6 Å². The molecule has 0 radical (unpaired) electrons. The third kappa shape index (κ3) is 7.24. The molecule has 0 fully saturated rings. The Morgan fingerprint density at radius 3 is 2.41 bits per heavy atom. The van der Waals surface area contributed by atoms with Crippen LogP contribution in [0.1, 0.15) is 53.7 Å². The largest absolute Gasteiger partial charge is 0.444 e. The second-order valence-corrected chi connectivity index (χ2v) is 7.25. The monoisotopic (exact) mass is 308 g/mol. The average molecular weight is 308 g/mol. The van der Waals surface area contributed by atoms with E-state index < -0.39 is 5.60 Å². The molecule has 0 bridgehead atoms. The van der Waals surface area contributed by atoms with Crippen LogP contribution in [0.4, 0.5) is 10.6 Å². The molecular weight excluding hydrogens is 280 g/mol. The van der Waals surface area contributed by atoms with Gasteiger partial charge in [-0.1, -0.05) is 20.8 Å². The van der Waals surface area contributed by atoms with Crippen LogP contribution in [0.15, 0.2) is 12.4 Å². The SMILES string of the molecule is CC(C)(C)OC(=O)NCCCNc1cc(C(C)(C)C)ncn1. The van der Waals surface area contributed by atoms with Gasteiger partial charge in [0, 0.05) is 24.6 Å². The van der Waals surface area contributed by atoms with Gasteiger partial charge in [0.1, 0.15) is 17.7 Å². The smallest absolute Gasteiger partial charge is 0.407 e. The van der Waals surface area contributed by atoms with E-state index in [4.69, 9.17) is 4.74 Å². The van der Waals surface area contributed by atoms with Gasteiger partial charge in [0.25, 0.3) is 0 Å². The number of amides is 1. The van der Waals surface area contributed by atoms with Crippen molar-refractivity contribution in [3.05, 3.63) is 18.1 Å². The van der Waals surface area contributed by atoms with Crippen LogP contribution in [0, 0.1) is 0 Å². The second-order valence-electron chi connectivity index (χ2n) is 7.25. The maximum absolute atomic E-state index is 11.5. The Hall–Kier alpha value is -1.85. The molecule has 6 nitrogen and oxygen atoms in total. The predicted molar refractivity (Wildman–Crippen MR) is 88.1 cm³/mol. The summed E-state index contributed by atoms with van der Waals surface area (Å²) in [5.74, 6) is 0.803. The first kappa shape index (κ1) is 18.2. The molecule has 0 saturated carbocycles. The minimum absolute atomic E-state index is 0.00234. The summed E-state index contributed by atoms with van der Waals surface area (Å²) in [6.45, 7) is 13.1. The highest BCUT2D eigenvalue weighted by atomic mass is 16.6. The van der Waals surface area contributed by atoms with Crippen LogP contribution >= 0.6 is 0 Å². The van der Waals surface area contributed by atoms with E-state index in [1.165, 1.54) is 0 Å². The van der Waals surface area contributed by atoms with E-state index in [0.717, 1.165) is 24.5 Å². The van der Waals surface area contributed by atoms with Crippen molar-refractivity contribution in [2.75, 3.05) is 18.4 Å². The molecule has 6 heteroatoms. The minimum Gasteiger partial charge on any atom is -0.444 e. The number of carbonyl (C=O) groups is 1. The molecule has 124 valence electrons. The molecule has 0 saturated heterocycles. The zero-order valence-electron chi connectivity index (χ0n) is 14.5. The summed E-state index contributed by atoms with van der Waals surface area (Å²) in [5.41, 5.74) is 0.529. The molecule has 1 heterocycles. The van der Waals surface area contributed by atoms with Crippen molar-refractivity contribution in [3.63, 3.8) is 0 Å². The second kappa shape index (κ2) is 7.42. The fraction of sp³-hybridized carbons (Fsp3) is 0.688.